The Hall–Kier alpha value is -4.69. The molecule has 2 unspecified atom stereocenters. The van der Waals surface area contributed by atoms with Crippen molar-refractivity contribution in [1.82, 2.24) is 19.5 Å². The van der Waals surface area contributed by atoms with Crippen molar-refractivity contribution in [3.05, 3.63) is 108 Å². The fourth-order valence-electron chi connectivity index (χ4n) is 6.00. The summed E-state index contributed by atoms with van der Waals surface area (Å²) in [5, 5.41) is 0. The molecule has 0 spiro atoms. The number of pyridine rings is 2. The molecule has 4 heterocycles. The number of hydrogen-bond donors (Lipinski definition) is 0. The van der Waals surface area contributed by atoms with Crippen LogP contribution in [-0.4, -0.2) is 39.3 Å². The third-order valence-corrected chi connectivity index (χ3v) is 8.66. The summed E-state index contributed by atoms with van der Waals surface area (Å²) in [5.41, 5.74) is 8.18. The zero-order chi connectivity index (χ0) is 30.2. The fourth-order valence-corrected chi connectivity index (χ4v) is 6.00. The maximum absolute atomic E-state index is 6.27. The molecule has 2 aliphatic rings. The van der Waals surface area contributed by atoms with Gasteiger partial charge in [0.1, 0.15) is 24.8 Å². The first-order valence-corrected chi connectivity index (χ1v) is 15.1. The zero-order valence-corrected chi connectivity index (χ0v) is 25.3. The van der Waals surface area contributed by atoms with Crippen LogP contribution >= 0.6 is 0 Å². The average Bonchev–Trinajstić information content (AvgIpc) is 3.68. The van der Waals surface area contributed by atoms with Gasteiger partial charge in [0.2, 0.25) is 11.8 Å². The highest BCUT2D eigenvalue weighted by molar-refractivity contribution is 5.80. The molecule has 224 valence electrons. The predicted molar refractivity (Wildman–Crippen MR) is 169 cm³/mol. The zero-order valence-electron chi connectivity index (χ0n) is 25.3. The minimum Gasteiger partial charge on any atom is -0.497 e. The largest absolute Gasteiger partial charge is 0.497 e. The third kappa shape index (κ3) is 5.65. The molecule has 1 aliphatic carbocycles. The van der Waals surface area contributed by atoms with Gasteiger partial charge in [0.05, 0.1) is 29.9 Å². The number of hydrogen-bond acceptors (Lipinski definition) is 7. The summed E-state index contributed by atoms with van der Waals surface area (Å²) < 4.78 is 25.9. The lowest BCUT2D eigenvalue weighted by Gasteiger charge is -2.27. The molecule has 1 aliphatic heterocycles. The van der Waals surface area contributed by atoms with Crippen LogP contribution in [-0.2, 0) is 22.7 Å². The Morgan fingerprint density at radius 1 is 0.977 bits per heavy atom. The quantitative estimate of drug-likeness (QED) is 0.151. The molecule has 1 saturated heterocycles. The van der Waals surface area contributed by atoms with Crippen LogP contribution in [0.5, 0.6) is 11.8 Å². The van der Waals surface area contributed by atoms with E-state index in [2.05, 4.69) is 54.2 Å². The standard InChI is InChI=1S/C36H36N4O4/c1-22-8-9-27(23(2)16-22)20-43-35-7-5-6-29(39-35)26-12-14-37-36(18-26)44-21-34-38-30-11-10-25(24(3)41-4)17-32(30)40(34)31-19-28(31)33-13-15-42-33/h5-12,14,16-18,28,31,33H,3,13,15,19-21H2,1-2,4H3/t28-,31?,33?/m0/s1. The molecular formula is C36H36N4O4. The number of imidazole rings is 1. The minimum atomic E-state index is 0.285. The van der Waals surface area contributed by atoms with Crippen LogP contribution < -0.4 is 9.47 Å². The molecule has 0 bridgehead atoms. The van der Waals surface area contributed by atoms with Crippen molar-refractivity contribution in [2.75, 3.05) is 13.7 Å². The van der Waals surface area contributed by atoms with E-state index in [4.69, 9.17) is 28.9 Å². The summed E-state index contributed by atoms with van der Waals surface area (Å²) in [6.07, 6.45) is 4.26. The van der Waals surface area contributed by atoms with Gasteiger partial charge in [-0.05, 0) is 68.1 Å². The van der Waals surface area contributed by atoms with Gasteiger partial charge in [-0.15, -0.1) is 0 Å². The summed E-state index contributed by atoms with van der Waals surface area (Å²) in [5.74, 6) is 3.06. The molecule has 2 aromatic carbocycles. The highest BCUT2D eigenvalue weighted by atomic mass is 16.5. The lowest BCUT2D eigenvalue weighted by Crippen LogP contribution is -2.29. The van der Waals surface area contributed by atoms with E-state index in [0.717, 1.165) is 58.7 Å². The van der Waals surface area contributed by atoms with Crippen molar-refractivity contribution < 1.29 is 18.9 Å². The Balaban J connectivity index is 1.10. The van der Waals surface area contributed by atoms with Crippen LogP contribution in [0.15, 0.2) is 79.5 Å². The second-order valence-corrected chi connectivity index (χ2v) is 11.6. The molecule has 0 radical (unpaired) electrons. The topological polar surface area (TPSA) is 80.5 Å². The van der Waals surface area contributed by atoms with Gasteiger partial charge < -0.3 is 23.5 Å². The van der Waals surface area contributed by atoms with E-state index in [0.29, 0.717) is 42.2 Å². The average molecular weight is 589 g/mol. The smallest absolute Gasteiger partial charge is 0.214 e. The molecule has 2 fully saturated rings. The molecule has 3 aromatic heterocycles. The lowest BCUT2D eigenvalue weighted by atomic mass is 10.1. The van der Waals surface area contributed by atoms with E-state index >= 15 is 0 Å². The second kappa shape index (κ2) is 11.8. The Labute approximate surface area is 257 Å². The first-order chi connectivity index (χ1) is 21.5. The van der Waals surface area contributed by atoms with Gasteiger partial charge in [0, 0.05) is 48.0 Å². The van der Waals surface area contributed by atoms with E-state index in [1.807, 2.05) is 42.5 Å². The van der Waals surface area contributed by atoms with Gasteiger partial charge in [-0.2, -0.15) is 0 Å². The molecule has 0 N–H and O–H groups in total. The second-order valence-electron chi connectivity index (χ2n) is 11.6. The number of ether oxygens (including phenoxy) is 4. The van der Waals surface area contributed by atoms with Gasteiger partial charge in [0.15, 0.2) is 0 Å². The molecule has 0 amide bonds. The molecule has 44 heavy (non-hydrogen) atoms. The van der Waals surface area contributed by atoms with Crippen LogP contribution in [0.1, 0.15) is 47.0 Å². The number of aromatic nitrogens is 4. The minimum absolute atomic E-state index is 0.285. The lowest BCUT2D eigenvalue weighted by molar-refractivity contribution is -0.0656. The summed E-state index contributed by atoms with van der Waals surface area (Å²) >= 11 is 0. The number of aryl methyl sites for hydroxylation is 2. The number of methoxy groups -OCH3 is 1. The number of nitrogens with zero attached hydrogens (tertiary/aromatic N) is 4. The van der Waals surface area contributed by atoms with Gasteiger partial charge in [-0.3, -0.25) is 0 Å². The van der Waals surface area contributed by atoms with E-state index in [-0.39, 0.29) is 6.61 Å². The maximum Gasteiger partial charge on any atom is 0.214 e. The molecule has 1 saturated carbocycles. The third-order valence-electron chi connectivity index (χ3n) is 8.66. The highest BCUT2D eigenvalue weighted by Gasteiger charge is 2.48. The van der Waals surface area contributed by atoms with Crippen molar-refractivity contribution in [1.29, 1.82) is 0 Å². The fraction of sp³-hybridized carbons (Fsp3) is 0.306. The molecule has 7 rings (SSSR count). The van der Waals surface area contributed by atoms with Crippen LogP contribution in [0.2, 0.25) is 0 Å². The molecule has 8 nitrogen and oxygen atoms in total. The normalized spacial score (nSPS) is 18.9. The first-order valence-electron chi connectivity index (χ1n) is 15.1. The summed E-state index contributed by atoms with van der Waals surface area (Å²) in [4.78, 5) is 14.2. The van der Waals surface area contributed by atoms with E-state index < -0.39 is 0 Å². The van der Waals surface area contributed by atoms with E-state index in [9.17, 15) is 0 Å². The van der Waals surface area contributed by atoms with Crippen LogP contribution in [0.3, 0.4) is 0 Å². The summed E-state index contributed by atoms with van der Waals surface area (Å²) in [7, 11) is 1.64. The predicted octanol–water partition coefficient (Wildman–Crippen LogP) is 7.24. The van der Waals surface area contributed by atoms with Crippen LogP contribution in [0.25, 0.3) is 28.0 Å². The Morgan fingerprint density at radius 2 is 1.84 bits per heavy atom. The molecule has 8 heteroatoms. The molecular weight excluding hydrogens is 552 g/mol. The highest BCUT2D eigenvalue weighted by Crippen LogP contribution is 2.51. The summed E-state index contributed by atoms with van der Waals surface area (Å²) in [6.45, 7) is 9.83. The first kappa shape index (κ1) is 28.1. The van der Waals surface area contributed by atoms with Crippen molar-refractivity contribution >= 4 is 16.8 Å². The Bertz CT molecular complexity index is 1840. The molecule has 3 atom stereocenters. The molecule has 5 aromatic rings. The Morgan fingerprint density at radius 3 is 2.64 bits per heavy atom. The Kier molecular flexibility index (Phi) is 7.52. The van der Waals surface area contributed by atoms with E-state index in [1.165, 1.54) is 11.1 Å². The van der Waals surface area contributed by atoms with Crippen molar-refractivity contribution in [2.45, 2.75) is 52.0 Å². The van der Waals surface area contributed by atoms with Crippen LogP contribution in [0, 0.1) is 19.8 Å². The van der Waals surface area contributed by atoms with Crippen molar-refractivity contribution in [2.24, 2.45) is 5.92 Å². The summed E-state index contributed by atoms with van der Waals surface area (Å²) in [6, 6.07) is 22.4. The van der Waals surface area contributed by atoms with Gasteiger partial charge >= 0.3 is 0 Å². The van der Waals surface area contributed by atoms with Crippen molar-refractivity contribution in [3.8, 4) is 23.0 Å². The number of rotatable bonds is 11. The maximum atomic E-state index is 6.27. The van der Waals surface area contributed by atoms with E-state index in [1.54, 1.807) is 13.3 Å². The monoisotopic (exact) mass is 588 g/mol. The van der Waals surface area contributed by atoms with Crippen molar-refractivity contribution in [3.63, 3.8) is 0 Å². The van der Waals surface area contributed by atoms with Gasteiger partial charge in [0.25, 0.3) is 0 Å². The number of benzene rings is 2. The SMILES string of the molecule is C=C(OC)c1ccc2nc(COc3cc(-c4cccc(OCc5ccc(C)cc5C)n4)ccn3)n(C3C[C@@H]3C3CCO3)c2c1. The van der Waals surface area contributed by atoms with Gasteiger partial charge in [-0.25, -0.2) is 15.0 Å². The number of fused-ring (bicyclic) bond motifs is 1. The van der Waals surface area contributed by atoms with Gasteiger partial charge in [-0.1, -0.05) is 36.4 Å². The van der Waals surface area contributed by atoms with Crippen LogP contribution in [0.4, 0.5) is 0 Å².